The summed E-state index contributed by atoms with van der Waals surface area (Å²) in [5, 5.41) is 9.90. The molecule has 1 fully saturated rings. The van der Waals surface area contributed by atoms with Crippen LogP contribution in [0.4, 0.5) is 5.82 Å². The molecule has 0 unspecified atom stereocenters. The Balaban J connectivity index is 1.29. The van der Waals surface area contributed by atoms with E-state index in [1.807, 2.05) is 30.3 Å². The summed E-state index contributed by atoms with van der Waals surface area (Å²) in [6, 6.07) is 18.6. The fraction of sp³-hybridized carbons (Fsp3) is 0.143. The lowest BCUT2D eigenvalue weighted by atomic mass is 10.1. The van der Waals surface area contributed by atoms with Crippen molar-refractivity contribution in [2.45, 2.75) is 13.0 Å². The second-order valence-electron chi connectivity index (χ2n) is 9.43. The number of hydrogen-bond donors (Lipinski definition) is 3. The average Bonchev–Trinajstić information content (AvgIpc) is 3.64. The Morgan fingerprint density at radius 3 is 2.76 bits per heavy atom. The van der Waals surface area contributed by atoms with Crippen LogP contribution < -0.4 is 10.6 Å². The topological polar surface area (TPSA) is 117 Å². The van der Waals surface area contributed by atoms with Gasteiger partial charge in [-0.25, -0.2) is 4.98 Å². The van der Waals surface area contributed by atoms with Crippen molar-refractivity contribution in [2.24, 2.45) is 5.73 Å². The molecule has 7 rings (SSSR count). The summed E-state index contributed by atoms with van der Waals surface area (Å²) in [6.45, 7) is 3.20. The molecule has 182 valence electrons. The highest BCUT2D eigenvalue weighted by Crippen LogP contribution is 2.37. The highest BCUT2D eigenvalue weighted by atomic mass is 32.1. The fourth-order valence-corrected chi connectivity index (χ4v) is 5.84. The highest BCUT2D eigenvalue weighted by Gasteiger charge is 2.24. The number of rotatable bonds is 5. The standard InChI is InChI=1S/C28H23N7OS/c1-15(36)25-7-8-26(37-25)18-3-2-4-21-19(18)10-23(31-21)28-20-9-16(5-6-22(20)33-34-28)24-11-30-12-27(32-24)35-13-17(29)14-35/h2-12,17,31H,13-14,29H2,1H3,(H,33,34). The first kappa shape index (κ1) is 21.9. The first-order chi connectivity index (χ1) is 18.0. The van der Waals surface area contributed by atoms with Gasteiger partial charge in [-0.05, 0) is 43.3 Å². The first-order valence-corrected chi connectivity index (χ1v) is 12.9. The molecule has 5 heterocycles. The number of anilines is 1. The molecule has 0 atom stereocenters. The number of carbonyl (C=O) groups excluding carboxylic acids is 1. The van der Waals surface area contributed by atoms with E-state index in [0.29, 0.717) is 0 Å². The Bertz CT molecular complexity index is 1810. The van der Waals surface area contributed by atoms with Crippen LogP contribution in [0.25, 0.3) is 54.9 Å². The van der Waals surface area contributed by atoms with Crippen molar-refractivity contribution in [1.82, 2.24) is 25.1 Å². The Labute approximate surface area is 216 Å². The van der Waals surface area contributed by atoms with Crippen molar-refractivity contribution < 1.29 is 4.79 Å². The van der Waals surface area contributed by atoms with Gasteiger partial charge in [-0.15, -0.1) is 11.3 Å². The third-order valence-corrected chi connectivity index (χ3v) is 8.07. The maximum absolute atomic E-state index is 11.8. The number of nitrogens with two attached hydrogens (primary N) is 1. The van der Waals surface area contributed by atoms with Gasteiger partial charge in [0.15, 0.2) is 5.78 Å². The zero-order chi connectivity index (χ0) is 25.1. The smallest absolute Gasteiger partial charge is 0.169 e. The van der Waals surface area contributed by atoms with Gasteiger partial charge in [-0.1, -0.05) is 18.2 Å². The van der Waals surface area contributed by atoms with Gasteiger partial charge < -0.3 is 15.6 Å². The molecule has 8 nitrogen and oxygen atoms in total. The minimum atomic E-state index is 0.0839. The van der Waals surface area contributed by atoms with Crippen molar-refractivity contribution in [3.8, 4) is 33.1 Å². The third-order valence-electron chi connectivity index (χ3n) is 6.85. The van der Waals surface area contributed by atoms with Crippen LogP contribution in [0.1, 0.15) is 16.6 Å². The monoisotopic (exact) mass is 505 g/mol. The van der Waals surface area contributed by atoms with E-state index in [0.717, 1.165) is 78.7 Å². The minimum absolute atomic E-state index is 0.0839. The quantitative estimate of drug-likeness (QED) is 0.276. The number of nitrogens with zero attached hydrogens (tertiary/aromatic N) is 4. The summed E-state index contributed by atoms with van der Waals surface area (Å²) in [5.74, 6) is 0.928. The van der Waals surface area contributed by atoms with Crippen LogP contribution in [0, 0.1) is 0 Å². The van der Waals surface area contributed by atoms with Gasteiger partial charge >= 0.3 is 0 Å². The van der Waals surface area contributed by atoms with E-state index >= 15 is 0 Å². The van der Waals surface area contributed by atoms with E-state index in [2.05, 4.69) is 49.3 Å². The first-order valence-electron chi connectivity index (χ1n) is 12.1. The lowest BCUT2D eigenvalue weighted by molar-refractivity contribution is 0.102. The number of H-pyrrole nitrogens is 2. The fourth-order valence-electron chi connectivity index (χ4n) is 4.90. The Morgan fingerprint density at radius 2 is 1.95 bits per heavy atom. The van der Waals surface area contributed by atoms with E-state index in [1.54, 1.807) is 19.3 Å². The van der Waals surface area contributed by atoms with Crippen molar-refractivity contribution in [3.05, 3.63) is 71.9 Å². The molecular weight excluding hydrogens is 482 g/mol. The maximum atomic E-state index is 11.8. The number of ketones is 1. The molecule has 37 heavy (non-hydrogen) atoms. The van der Waals surface area contributed by atoms with Crippen LogP contribution in [0.2, 0.25) is 0 Å². The van der Waals surface area contributed by atoms with Crippen LogP contribution in [0.15, 0.2) is 67.0 Å². The van der Waals surface area contributed by atoms with Crippen LogP contribution in [-0.2, 0) is 0 Å². The minimum Gasteiger partial charge on any atom is -0.353 e. The zero-order valence-corrected chi connectivity index (χ0v) is 20.8. The molecule has 2 aromatic carbocycles. The van der Waals surface area contributed by atoms with Crippen molar-refractivity contribution in [2.75, 3.05) is 18.0 Å². The molecule has 0 bridgehead atoms. The van der Waals surface area contributed by atoms with Crippen LogP contribution in [0.5, 0.6) is 0 Å². The molecule has 0 radical (unpaired) electrons. The molecule has 0 amide bonds. The summed E-state index contributed by atoms with van der Waals surface area (Å²) < 4.78 is 0. The van der Waals surface area contributed by atoms with Gasteiger partial charge in [0.2, 0.25) is 0 Å². The number of hydrogen-bond acceptors (Lipinski definition) is 7. The number of carbonyl (C=O) groups is 1. The molecular formula is C28H23N7OS. The van der Waals surface area contributed by atoms with Gasteiger partial charge in [0.1, 0.15) is 11.5 Å². The summed E-state index contributed by atoms with van der Waals surface area (Å²) in [5.41, 5.74) is 12.5. The SMILES string of the molecule is CC(=O)c1ccc(-c2cccc3[nH]c(-c4n[nH]c5ccc(-c6cncc(N7CC(N)C7)n6)cc45)cc23)s1. The molecule has 1 aliphatic heterocycles. The normalized spacial score (nSPS) is 13.9. The van der Waals surface area contributed by atoms with Gasteiger partial charge in [0.05, 0.1) is 34.2 Å². The molecule has 1 aliphatic rings. The molecule has 0 spiro atoms. The van der Waals surface area contributed by atoms with E-state index in [-0.39, 0.29) is 11.8 Å². The second-order valence-corrected chi connectivity index (χ2v) is 10.5. The van der Waals surface area contributed by atoms with Gasteiger partial charge in [-0.3, -0.25) is 14.9 Å². The largest absolute Gasteiger partial charge is 0.353 e. The predicted octanol–water partition coefficient (Wildman–Crippen LogP) is 5.25. The van der Waals surface area contributed by atoms with Crippen molar-refractivity contribution >= 4 is 44.7 Å². The zero-order valence-electron chi connectivity index (χ0n) is 20.0. The molecule has 4 aromatic heterocycles. The third kappa shape index (κ3) is 3.71. The lowest BCUT2D eigenvalue weighted by Crippen LogP contribution is -2.56. The summed E-state index contributed by atoms with van der Waals surface area (Å²) >= 11 is 1.52. The number of thiophene rings is 1. The van der Waals surface area contributed by atoms with Crippen molar-refractivity contribution in [1.29, 1.82) is 0 Å². The highest BCUT2D eigenvalue weighted by molar-refractivity contribution is 7.17. The molecule has 9 heteroatoms. The summed E-state index contributed by atoms with van der Waals surface area (Å²) in [4.78, 5) is 28.6. The molecule has 0 aliphatic carbocycles. The predicted molar refractivity (Wildman–Crippen MR) is 148 cm³/mol. The lowest BCUT2D eigenvalue weighted by Gasteiger charge is -2.37. The maximum Gasteiger partial charge on any atom is 0.169 e. The summed E-state index contributed by atoms with van der Waals surface area (Å²) in [7, 11) is 0. The Kier molecular flexibility index (Phi) is 4.95. The van der Waals surface area contributed by atoms with Gasteiger partial charge in [0.25, 0.3) is 0 Å². The van der Waals surface area contributed by atoms with Crippen LogP contribution in [-0.4, -0.2) is 50.1 Å². The number of nitrogens with one attached hydrogen (secondary N) is 2. The van der Waals surface area contributed by atoms with E-state index in [1.165, 1.54) is 11.3 Å². The van der Waals surface area contributed by atoms with Gasteiger partial charge in [-0.2, -0.15) is 5.10 Å². The number of benzene rings is 2. The van der Waals surface area contributed by atoms with E-state index in [9.17, 15) is 4.79 Å². The van der Waals surface area contributed by atoms with Gasteiger partial charge in [0, 0.05) is 51.4 Å². The molecule has 0 saturated carbocycles. The number of aromatic amines is 2. The molecule has 1 saturated heterocycles. The van der Waals surface area contributed by atoms with E-state index in [4.69, 9.17) is 10.7 Å². The molecule has 4 N–H and O–H groups in total. The number of Topliss-reactive ketones (excluding diaryl/α,β-unsaturated/α-hetero) is 1. The summed E-state index contributed by atoms with van der Waals surface area (Å²) in [6.07, 6.45) is 3.57. The second kappa shape index (κ2) is 8.36. The Hall–Kier alpha value is -4.34. The molecule has 6 aromatic rings. The van der Waals surface area contributed by atoms with Crippen LogP contribution >= 0.6 is 11.3 Å². The van der Waals surface area contributed by atoms with Crippen LogP contribution in [0.3, 0.4) is 0 Å². The van der Waals surface area contributed by atoms with Crippen molar-refractivity contribution in [3.63, 3.8) is 0 Å². The van der Waals surface area contributed by atoms with E-state index < -0.39 is 0 Å². The Morgan fingerprint density at radius 1 is 1.05 bits per heavy atom. The average molecular weight is 506 g/mol. The number of aromatic nitrogens is 5. The number of fused-ring (bicyclic) bond motifs is 2.